The highest BCUT2D eigenvalue weighted by Gasteiger charge is 2.19. The molecule has 4 rings (SSSR count). The van der Waals surface area contributed by atoms with Gasteiger partial charge in [0.2, 0.25) is 0 Å². The molecular formula is C19H16BrFN6O. The van der Waals surface area contributed by atoms with E-state index in [0.717, 1.165) is 15.7 Å². The van der Waals surface area contributed by atoms with E-state index < -0.39 is 0 Å². The second-order valence-corrected chi connectivity index (χ2v) is 7.30. The quantitative estimate of drug-likeness (QED) is 0.522. The molecule has 9 heteroatoms. The summed E-state index contributed by atoms with van der Waals surface area (Å²) in [6.07, 6.45) is 4.83. The summed E-state index contributed by atoms with van der Waals surface area (Å²) < 4.78 is 17.2. The minimum atomic E-state index is -0.308. The molecule has 0 unspecified atom stereocenters. The first kappa shape index (κ1) is 18.3. The average Bonchev–Trinajstić information content (AvgIpc) is 3.19. The Labute approximate surface area is 168 Å². The smallest absolute Gasteiger partial charge is 0.261 e. The van der Waals surface area contributed by atoms with E-state index in [9.17, 15) is 9.18 Å². The Kier molecular flexibility index (Phi) is 4.68. The third-order valence-electron chi connectivity index (χ3n) is 4.44. The molecule has 0 spiro atoms. The van der Waals surface area contributed by atoms with Gasteiger partial charge in [0.1, 0.15) is 11.4 Å². The number of amides is 1. The van der Waals surface area contributed by atoms with E-state index in [1.54, 1.807) is 29.2 Å². The molecule has 0 saturated carbocycles. The number of anilines is 1. The largest absolute Gasteiger partial charge is 0.319 e. The molecule has 0 atom stereocenters. The predicted octanol–water partition coefficient (Wildman–Crippen LogP) is 3.74. The van der Waals surface area contributed by atoms with Gasteiger partial charge in [-0.25, -0.2) is 13.9 Å². The van der Waals surface area contributed by atoms with Crippen molar-refractivity contribution >= 4 is 33.2 Å². The van der Waals surface area contributed by atoms with Gasteiger partial charge in [-0.15, -0.1) is 0 Å². The van der Waals surface area contributed by atoms with Gasteiger partial charge in [0.15, 0.2) is 5.65 Å². The van der Waals surface area contributed by atoms with E-state index in [-0.39, 0.29) is 11.7 Å². The van der Waals surface area contributed by atoms with Crippen molar-refractivity contribution in [1.29, 1.82) is 0 Å². The Hall–Kier alpha value is -3.07. The molecule has 0 bridgehead atoms. The summed E-state index contributed by atoms with van der Waals surface area (Å²) in [5.74, 6) is -0.587. The van der Waals surface area contributed by atoms with Crippen molar-refractivity contribution in [2.75, 3.05) is 5.32 Å². The Balaban J connectivity index is 1.60. The summed E-state index contributed by atoms with van der Waals surface area (Å²) in [6, 6.07) is 6.26. The lowest BCUT2D eigenvalue weighted by Crippen LogP contribution is -2.13. The van der Waals surface area contributed by atoms with Crippen LogP contribution in [0.2, 0.25) is 0 Å². The lowest BCUT2D eigenvalue weighted by atomic mass is 10.2. The third-order valence-corrected chi connectivity index (χ3v) is 4.84. The zero-order chi connectivity index (χ0) is 19.8. The lowest BCUT2D eigenvalue weighted by Gasteiger charge is -2.07. The van der Waals surface area contributed by atoms with Crippen molar-refractivity contribution in [3.63, 3.8) is 0 Å². The van der Waals surface area contributed by atoms with Crippen LogP contribution < -0.4 is 5.32 Å². The zero-order valence-electron chi connectivity index (χ0n) is 15.1. The molecule has 0 saturated heterocycles. The fourth-order valence-electron chi connectivity index (χ4n) is 2.99. The molecule has 1 N–H and O–H groups in total. The Morgan fingerprint density at radius 2 is 1.96 bits per heavy atom. The molecule has 3 heterocycles. The molecule has 7 nitrogen and oxygen atoms in total. The number of nitrogens with zero attached hydrogens (tertiary/aromatic N) is 5. The van der Waals surface area contributed by atoms with Gasteiger partial charge in [-0.1, -0.05) is 12.1 Å². The number of rotatable bonds is 4. The summed E-state index contributed by atoms with van der Waals surface area (Å²) >= 11 is 3.33. The van der Waals surface area contributed by atoms with E-state index in [0.29, 0.717) is 29.1 Å². The Morgan fingerprint density at radius 3 is 2.71 bits per heavy atom. The highest BCUT2D eigenvalue weighted by Crippen LogP contribution is 2.22. The summed E-state index contributed by atoms with van der Waals surface area (Å²) in [5, 5.41) is 11.6. The van der Waals surface area contributed by atoms with Crippen molar-refractivity contribution in [2.45, 2.75) is 20.4 Å². The fourth-order valence-corrected chi connectivity index (χ4v) is 3.28. The van der Waals surface area contributed by atoms with Gasteiger partial charge in [-0.05, 0) is 47.5 Å². The van der Waals surface area contributed by atoms with Crippen LogP contribution in [-0.2, 0) is 6.54 Å². The van der Waals surface area contributed by atoms with Crippen LogP contribution in [0, 0.1) is 19.7 Å². The van der Waals surface area contributed by atoms with Gasteiger partial charge in [0.25, 0.3) is 5.91 Å². The summed E-state index contributed by atoms with van der Waals surface area (Å²) in [7, 11) is 0. The molecule has 28 heavy (non-hydrogen) atoms. The molecule has 0 aliphatic carbocycles. The van der Waals surface area contributed by atoms with Gasteiger partial charge in [0.05, 0.1) is 34.3 Å². The van der Waals surface area contributed by atoms with Crippen LogP contribution in [0.1, 0.15) is 27.3 Å². The molecule has 1 amide bonds. The topological polar surface area (TPSA) is 77.1 Å². The number of fused-ring (bicyclic) bond motifs is 1. The highest BCUT2D eigenvalue weighted by molar-refractivity contribution is 9.10. The molecular weight excluding hydrogens is 427 g/mol. The molecule has 0 radical (unpaired) electrons. The van der Waals surface area contributed by atoms with Crippen LogP contribution in [0.4, 0.5) is 10.1 Å². The van der Waals surface area contributed by atoms with Crippen molar-refractivity contribution in [3.05, 3.63) is 75.7 Å². The monoisotopic (exact) mass is 442 g/mol. The van der Waals surface area contributed by atoms with E-state index in [1.807, 2.05) is 13.8 Å². The number of aromatic nitrogens is 5. The molecule has 0 aliphatic rings. The second kappa shape index (κ2) is 7.16. The van der Waals surface area contributed by atoms with Crippen molar-refractivity contribution in [3.8, 4) is 0 Å². The van der Waals surface area contributed by atoms with Crippen LogP contribution in [0.25, 0.3) is 5.65 Å². The summed E-state index contributed by atoms with van der Waals surface area (Å²) in [5.41, 5.74) is 3.90. The van der Waals surface area contributed by atoms with Crippen LogP contribution in [-0.4, -0.2) is 30.3 Å². The first-order valence-corrected chi connectivity index (χ1v) is 9.30. The molecule has 1 aromatic carbocycles. The van der Waals surface area contributed by atoms with Gasteiger partial charge < -0.3 is 5.32 Å². The maximum atomic E-state index is 13.1. The highest BCUT2D eigenvalue weighted by atomic mass is 79.9. The SMILES string of the molecule is Cc1nn(Cc2ccc(F)cc2)c(C)c1NC(=O)c1cnn2cc(Br)cnc12. The number of nitrogens with one attached hydrogen (secondary N) is 1. The second-order valence-electron chi connectivity index (χ2n) is 6.38. The maximum absolute atomic E-state index is 13.1. The summed E-state index contributed by atoms with van der Waals surface area (Å²) in [6.45, 7) is 4.19. The normalized spacial score (nSPS) is 11.1. The number of halogens is 2. The van der Waals surface area contributed by atoms with Gasteiger partial charge in [0, 0.05) is 12.4 Å². The molecule has 142 valence electrons. The van der Waals surface area contributed by atoms with Gasteiger partial charge >= 0.3 is 0 Å². The molecule has 3 aromatic heterocycles. The van der Waals surface area contributed by atoms with Crippen molar-refractivity contribution in [2.24, 2.45) is 0 Å². The van der Waals surface area contributed by atoms with Gasteiger partial charge in [-0.3, -0.25) is 9.48 Å². The fraction of sp³-hybridized carbons (Fsp3) is 0.158. The van der Waals surface area contributed by atoms with Crippen LogP contribution in [0.3, 0.4) is 0 Å². The van der Waals surface area contributed by atoms with Crippen molar-refractivity contribution in [1.82, 2.24) is 24.4 Å². The Bertz CT molecular complexity index is 1180. The van der Waals surface area contributed by atoms with E-state index in [1.165, 1.54) is 22.8 Å². The zero-order valence-corrected chi connectivity index (χ0v) is 16.7. The van der Waals surface area contributed by atoms with Crippen molar-refractivity contribution < 1.29 is 9.18 Å². The van der Waals surface area contributed by atoms with E-state index in [2.05, 4.69) is 36.4 Å². The van der Waals surface area contributed by atoms with Crippen LogP contribution in [0.5, 0.6) is 0 Å². The number of aryl methyl sites for hydroxylation is 1. The first-order valence-electron chi connectivity index (χ1n) is 8.51. The first-order chi connectivity index (χ1) is 13.4. The predicted molar refractivity (Wildman–Crippen MR) is 106 cm³/mol. The summed E-state index contributed by atoms with van der Waals surface area (Å²) in [4.78, 5) is 17.0. The molecule has 0 fully saturated rings. The number of hydrogen-bond acceptors (Lipinski definition) is 4. The number of carbonyl (C=O) groups is 1. The molecule has 0 aliphatic heterocycles. The van der Waals surface area contributed by atoms with Crippen LogP contribution in [0.15, 0.2) is 47.3 Å². The number of hydrogen-bond donors (Lipinski definition) is 1. The number of benzene rings is 1. The van der Waals surface area contributed by atoms with E-state index in [4.69, 9.17) is 0 Å². The minimum Gasteiger partial charge on any atom is -0.319 e. The number of carbonyl (C=O) groups excluding carboxylic acids is 1. The standard InChI is InChI=1S/C19H16BrFN6O/c1-11-17(12(2)26(25-11)9-13-3-5-15(21)6-4-13)24-19(28)16-8-23-27-10-14(20)7-22-18(16)27/h3-8,10H,9H2,1-2H3,(H,24,28). The maximum Gasteiger partial charge on any atom is 0.261 e. The van der Waals surface area contributed by atoms with Gasteiger partial charge in [-0.2, -0.15) is 10.2 Å². The molecule has 4 aromatic rings. The van der Waals surface area contributed by atoms with E-state index >= 15 is 0 Å². The van der Waals surface area contributed by atoms with Crippen LogP contribution >= 0.6 is 15.9 Å². The minimum absolute atomic E-state index is 0.279. The third kappa shape index (κ3) is 3.40. The lowest BCUT2D eigenvalue weighted by molar-refractivity contribution is 0.102. The Morgan fingerprint density at radius 1 is 1.21 bits per heavy atom. The average molecular weight is 443 g/mol.